The van der Waals surface area contributed by atoms with Crippen molar-refractivity contribution >= 4 is 28.6 Å². The van der Waals surface area contributed by atoms with Gasteiger partial charge in [-0.15, -0.1) is 0 Å². The van der Waals surface area contributed by atoms with Crippen molar-refractivity contribution in [3.05, 3.63) is 108 Å². The minimum Gasteiger partial charge on any atom is -0.294 e. The van der Waals surface area contributed by atoms with Crippen molar-refractivity contribution in [2.24, 2.45) is 0 Å². The van der Waals surface area contributed by atoms with Crippen LogP contribution in [0.1, 0.15) is 34.0 Å². The zero-order chi connectivity index (χ0) is 22.9. The highest BCUT2D eigenvalue weighted by Crippen LogP contribution is 2.32. The number of benzene rings is 3. The maximum absolute atomic E-state index is 12.8. The Morgan fingerprint density at radius 3 is 2.29 bits per heavy atom. The summed E-state index contributed by atoms with van der Waals surface area (Å²) in [6.45, 7) is 0. The SMILES string of the molecule is O=C1CC(c2ccccc2)Cc2nc(Nc3nc(-c4ccccc4)c4ccccc4n3)ncc21. The van der Waals surface area contributed by atoms with Gasteiger partial charge < -0.3 is 0 Å². The van der Waals surface area contributed by atoms with Crippen LogP contribution in [0.5, 0.6) is 0 Å². The summed E-state index contributed by atoms with van der Waals surface area (Å²) in [5, 5.41) is 4.14. The van der Waals surface area contributed by atoms with Gasteiger partial charge in [0.1, 0.15) is 0 Å². The lowest BCUT2D eigenvalue weighted by atomic mass is 9.82. The summed E-state index contributed by atoms with van der Waals surface area (Å²) in [6, 6.07) is 28.1. The van der Waals surface area contributed by atoms with Gasteiger partial charge in [-0.2, -0.15) is 0 Å². The maximum atomic E-state index is 12.8. The molecular weight excluding hydrogens is 422 g/mol. The number of aromatic nitrogens is 4. The predicted molar refractivity (Wildman–Crippen MR) is 132 cm³/mol. The normalized spacial score (nSPS) is 15.2. The Kier molecular flexibility index (Phi) is 5.03. The van der Waals surface area contributed by atoms with Crippen molar-refractivity contribution in [3.63, 3.8) is 0 Å². The first-order chi connectivity index (χ1) is 16.7. The molecule has 0 amide bonds. The second-order valence-electron chi connectivity index (χ2n) is 8.40. The summed E-state index contributed by atoms with van der Waals surface area (Å²) in [5.74, 6) is 0.995. The molecule has 6 rings (SSSR count). The summed E-state index contributed by atoms with van der Waals surface area (Å²) >= 11 is 0. The Hall–Kier alpha value is -4.45. The molecule has 1 aliphatic carbocycles. The van der Waals surface area contributed by atoms with Crippen LogP contribution in [0.3, 0.4) is 0 Å². The number of para-hydroxylation sites is 1. The molecule has 3 aromatic carbocycles. The fraction of sp³-hybridized carbons (Fsp3) is 0.107. The summed E-state index contributed by atoms with van der Waals surface area (Å²) < 4.78 is 0. The zero-order valence-electron chi connectivity index (χ0n) is 18.3. The first-order valence-corrected chi connectivity index (χ1v) is 11.3. The zero-order valence-corrected chi connectivity index (χ0v) is 18.3. The van der Waals surface area contributed by atoms with Gasteiger partial charge in [0.2, 0.25) is 11.9 Å². The van der Waals surface area contributed by atoms with Gasteiger partial charge in [-0.25, -0.2) is 19.9 Å². The van der Waals surface area contributed by atoms with E-state index in [9.17, 15) is 4.79 Å². The molecule has 0 saturated carbocycles. The predicted octanol–water partition coefficient (Wildman–Crippen LogP) is 5.74. The average molecular weight is 444 g/mol. The molecule has 1 unspecified atom stereocenters. The van der Waals surface area contributed by atoms with Crippen LogP contribution in [0, 0.1) is 0 Å². The third-order valence-electron chi connectivity index (χ3n) is 6.18. The van der Waals surface area contributed by atoms with Gasteiger partial charge >= 0.3 is 0 Å². The number of ketones is 1. The summed E-state index contributed by atoms with van der Waals surface area (Å²) in [6.07, 6.45) is 2.78. The van der Waals surface area contributed by atoms with E-state index < -0.39 is 0 Å². The van der Waals surface area contributed by atoms with Gasteiger partial charge in [-0.1, -0.05) is 78.9 Å². The third kappa shape index (κ3) is 3.79. The lowest BCUT2D eigenvalue weighted by Gasteiger charge is -2.23. The molecule has 5 aromatic rings. The van der Waals surface area contributed by atoms with Gasteiger partial charge in [0.05, 0.1) is 22.5 Å². The van der Waals surface area contributed by atoms with Crippen LogP contribution in [0.2, 0.25) is 0 Å². The maximum Gasteiger partial charge on any atom is 0.230 e. The Morgan fingerprint density at radius 1 is 0.735 bits per heavy atom. The van der Waals surface area contributed by atoms with Gasteiger partial charge in [0, 0.05) is 23.6 Å². The van der Waals surface area contributed by atoms with E-state index in [2.05, 4.69) is 27.4 Å². The number of Topliss-reactive ketones (excluding diaryl/α,β-unsaturated/α-hetero) is 1. The molecule has 0 bridgehead atoms. The molecule has 1 aliphatic rings. The number of hydrogen-bond acceptors (Lipinski definition) is 6. The molecule has 34 heavy (non-hydrogen) atoms. The van der Waals surface area contributed by atoms with Crippen LogP contribution in [-0.4, -0.2) is 25.7 Å². The summed E-state index contributed by atoms with van der Waals surface area (Å²) in [4.78, 5) is 31.3. The number of rotatable bonds is 4. The van der Waals surface area contributed by atoms with E-state index >= 15 is 0 Å². The number of hydrogen-bond donors (Lipinski definition) is 1. The van der Waals surface area contributed by atoms with Crippen LogP contribution in [0.25, 0.3) is 22.2 Å². The van der Waals surface area contributed by atoms with Crippen LogP contribution < -0.4 is 5.32 Å². The highest BCUT2D eigenvalue weighted by molar-refractivity contribution is 5.98. The fourth-order valence-corrected chi connectivity index (χ4v) is 4.51. The van der Waals surface area contributed by atoms with Crippen LogP contribution in [0.15, 0.2) is 91.1 Å². The number of carbonyl (C=O) groups is 1. The lowest BCUT2D eigenvalue weighted by Crippen LogP contribution is -2.21. The van der Waals surface area contributed by atoms with Crippen molar-refractivity contribution in [3.8, 4) is 11.3 Å². The fourth-order valence-electron chi connectivity index (χ4n) is 4.51. The molecule has 2 heterocycles. The molecule has 0 fully saturated rings. The van der Waals surface area contributed by atoms with E-state index in [0.717, 1.165) is 33.4 Å². The van der Waals surface area contributed by atoms with Crippen LogP contribution in [-0.2, 0) is 6.42 Å². The topological polar surface area (TPSA) is 80.7 Å². The van der Waals surface area contributed by atoms with Crippen molar-refractivity contribution in [2.45, 2.75) is 18.8 Å². The number of anilines is 2. The number of carbonyl (C=O) groups excluding carboxylic acids is 1. The molecule has 6 heteroatoms. The Morgan fingerprint density at radius 2 is 1.47 bits per heavy atom. The first-order valence-electron chi connectivity index (χ1n) is 11.3. The first kappa shape index (κ1) is 20.2. The van der Waals surface area contributed by atoms with Crippen molar-refractivity contribution in [2.75, 3.05) is 5.32 Å². The summed E-state index contributed by atoms with van der Waals surface area (Å²) in [5.41, 5.74) is 5.18. The molecular formula is C28H21N5O. The quantitative estimate of drug-likeness (QED) is 0.381. The van der Waals surface area contributed by atoms with Gasteiger partial charge in [0.15, 0.2) is 5.78 Å². The van der Waals surface area contributed by atoms with E-state index in [4.69, 9.17) is 9.97 Å². The molecule has 0 saturated heterocycles. The van der Waals surface area contributed by atoms with Crippen LogP contribution in [0.4, 0.5) is 11.9 Å². The van der Waals surface area contributed by atoms with Gasteiger partial charge in [0.25, 0.3) is 0 Å². The van der Waals surface area contributed by atoms with Gasteiger partial charge in [-0.05, 0) is 24.0 Å². The monoisotopic (exact) mass is 443 g/mol. The molecule has 1 N–H and O–H groups in total. The second-order valence-corrected chi connectivity index (χ2v) is 8.40. The number of fused-ring (bicyclic) bond motifs is 2. The molecule has 164 valence electrons. The molecule has 0 spiro atoms. The standard InChI is InChI=1S/C28H21N5O/c34-25-16-20(18-9-3-1-4-10-18)15-24-22(25)17-29-27(31-24)33-28-30-23-14-8-7-13-21(23)26(32-28)19-11-5-2-6-12-19/h1-14,17,20H,15-16H2,(H,29,30,31,32,33). The third-order valence-corrected chi connectivity index (χ3v) is 6.18. The average Bonchev–Trinajstić information content (AvgIpc) is 2.89. The van der Waals surface area contributed by atoms with E-state index in [1.807, 2.05) is 72.8 Å². The van der Waals surface area contributed by atoms with Gasteiger partial charge in [-0.3, -0.25) is 10.1 Å². The largest absolute Gasteiger partial charge is 0.294 e. The van der Waals surface area contributed by atoms with Crippen molar-refractivity contribution in [1.82, 2.24) is 19.9 Å². The molecule has 1 atom stereocenters. The Balaban J connectivity index is 1.36. The van der Waals surface area contributed by atoms with E-state index in [1.165, 1.54) is 0 Å². The van der Waals surface area contributed by atoms with Crippen molar-refractivity contribution < 1.29 is 4.79 Å². The van der Waals surface area contributed by atoms with E-state index in [0.29, 0.717) is 30.3 Å². The summed E-state index contributed by atoms with van der Waals surface area (Å²) in [7, 11) is 0. The minimum absolute atomic E-state index is 0.0787. The molecule has 6 nitrogen and oxygen atoms in total. The lowest BCUT2D eigenvalue weighted by molar-refractivity contribution is 0.0962. The second kappa shape index (κ2) is 8.48. The van der Waals surface area contributed by atoms with Crippen LogP contribution >= 0.6 is 0 Å². The molecule has 0 radical (unpaired) electrons. The Labute approximate surface area is 196 Å². The Bertz CT molecular complexity index is 1500. The smallest absolute Gasteiger partial charge is 0.230 e. The molecule has 2 aromatic heterocycles. The number of nitrogens with zero attached hydrogens (tertiary/aromatic N) is 4. The van der Waals surface area contributed by atoms with E-state index in [1.54, 1.807) is 6.20 Å². The number of nitrogens with one attached hydrogen (secondary N) is 1. The minimum atomic E-state index is 0.0787. The van der Waals surface area contributed by atoms with E-state index in [-0.39, 0.29) is 11.7 Å². The van der Waals surface area contributed by atoms with Crippen molar-refractivity contribution in [1.29, 1.82) is 0 Å². The highest BCUT2D eigenvalue weighted by Gasteiger charge is 2.28. The molecule has 0 aliphatic heterocycles. The highest BCUT2D eigenvalue weighted by atomic mass is 16.1.